The Balaban J connectivity index is 2.28. The predicted octanol–water partition coefficient (Wildman–Crippen LogP) is 3.53. The fourth-order valence-electron chi connectivity index (χ4n) is 2.13. The second kappa shape index (κ2) is 6.30. The van der Waals surface area contributed by atoms with Crippen LogP contribution in [0.5, 0.6) is 0 Å². The van der Waals surface area contributed by atoms with Crippen LogP contribution in [0.15, 0.2) is 36.5 Å². The van der Waals surface area contributed by atoms with E-state index < -0.39 is 11.7 Å². The lowest BCUT2D eigenvalue weighted by Gasteiger charge is -2.18. The number of alkyl halides is 3. The van der Waals surface area contributed by atoms with Crippen molar-refractivity contribution in [3.8, 4) is 0 Å². The van der Waals surface area contributed by atoms with E-state index in [2.05, 4.69) is 10.4 Å². The van der Waals surface area contributed by atoms with Gasteiger partial charge in [-0.05, 0) is 36.7 Å². The van der Waals surface area contributed by atoms with Crippen LogP contribution in [-0.4, -0.2) is 16.3 Å². The molecule has 1 aromatic heterocycles. The first-order valence-electron chi connectivity index (χ1n) is 6.82. The van der Waals surface area contributed by atoms with Crippen molar-refractivity contribution in [3.05, 3.63) is 53.3 Å². The average molecular weight is 297 g/mol. The van der Waals surface area contributed by atoms with E-state index in [1.807, 2.05) is 26.2 Å². The molecule has 0 aliphatic carbocycles. The lowest BCUT2D eigenvalue weighted by molar-refractivity contribution is -0.137. The molecule has 6 heteroatoms. The molecule has 21 heavy (non-hydrogen) atoms. The Labute approximate surface area is 121 Å². The molecule has 2 rings (SSSR count). The molecule has 0 radical (unpaired) electrons. The third-order valence-corrected chi connectivity index (χ3v) is 3.20. The number of nitrogens with zero attached hydrogens (tertiary/aromatic N) is 2. The zero-order chi connectivity index (χ0) is 15.5. The molecule has 1 unspecified atom stereocenters. The molecule has 0 saturated heterocycles. The van der Waals surface area contributed by atoms with E-state index in [0.29, 0.717) is 0 Å². The summed E-state index contributed by atoms with van der Waals surface area (Å²) in [4.78, 5) is 0. The smallest absolute Gasteiger partial charge is 0.305 e. The summed E-state index contributed by atoms with van der Waals surface area (Å²) in [7, 11) is 1.81. The van der Waals surface area contributed by atoms with Gasteiger partial charge in [-0.15, -0.1) is 0 Å². The standard InChI is InChI=1S/C15H18F3N3/c1-3-9-19-14(13-8-10-21(2)20-13)11-4-6-12(7-5-11)15(16,17)18/h4-8,10,14,19H,3,9H2,1-2H3. The molecule has 1 heterocycles. The molecule has 1 aromatic carbocycles. The number of benzene rings is 1. The van der Waals surface area contributed by atoms with Crippen LogP contribution in [0.1, 0.15) is 36.2 Å². The minimum Gasteiger partial charge on any atom is -0.305 e. The van der Waals surface area contributed by atoms with Gasteiger partial charge in [0.05, 0.1) is 17.3 Å². The highest BCUT2D eigenvalue weighted by atomic mass is 19.4. The van der Waals surface area contributed by atoms with Crippen molar-refractivity contribution in [2.24, 2.45) is 7.05 Å². The maximum atomic E-state index is 12.6. The van der Waals surface area contributed by atoms with Crippen LogP contribution in [0.2, 0.25) is 0 Å². The molecule has 0 aliphatic heterocycles. The van der Waals surface area contributed by atoms with Gasteiger partial charge < -0.3 is 5.32 Å². The number of hydrogen-bond acceptors (Lipinski definition) is 2. The molecule has 0 fully saturated rings. The molecule has 0 spiro atoms. The van der Waals surface area contributed by atoms with Crippen LogP contribution in [0.4, 0.5) is 13.2 Å². The molecule has 2 aromatic rings. The Morgan fingerprint density at radius 1 is 1.19 bits per heavy atom. The molecule has 0 aliphatic rings. The highest BCUT2D eigenvalue weighted by Gasteiger charge is 2.30. The molecule has 114 valence electrons. The van der Waals surface area contributed by atoms with Gasteiger partial charge in [0.2, 0.25) is 0 Å². The highest BCUT2D eigenvalue weighted by molar-refractivity contribution is 5.31. The van der Waals surface area contributed by atoms with Crippen molar-refractivity contribution in [2.45, 2.75) is 25.6 Å². The summed E-state index contributed by atoms with van der Waals surface area (Å²) < 4.78 is 39.5. The number of halogens is 3. The summed E-state index contributed by atoms with van der Waals surface area (Å²) in [5.41, 5.74) is 0.933. The first-order chi connectivity index (χ1) is 9.91. The normalized spacial score (nSPS) is 13.4. The van der Waals surface area contributed by atoms with Crippen molar-refractivity contribution >= 4 is 0 Å². The Bertz CT molecular complexity index is 573. The van der Waals surface area contributed by atoms with E-state index in [9.17, 15) is 13.2 Å². The molecule has 0 bridgehead atoms. The van der Waals surface area contributed by atoms with Crippen LogP contribution in [0, 0.1) is 0 Å². The Kier molecular flexibility index (Phi) is 4.67. The lowest BCUT2D eigenvalue weighted by Crippen LogP contribution is -2.24. The van der Waals surface area contributed by atoms with Crippen molar-refractivity contribution in [2.75, 3.05) is 6.54 Å². The summed E-state index contributed by atoms with van der Waals surface area (Å²) in [6, 6.07) is 6.90. The second-order valence-corrected chi connectivity index (χ2v) is 4.92. The number of rotatable bonds is 5. The zero-order valence-corrected chi connectivity index (χ0v) is 12.0. The first-order valence-corrected chi connectivity index (χ1v) is 6.82. The van der Waals surface area contributed by atoms with Gasteiger partial charge in [-0.1, -0.05) is 19.1 Å². The van der Waals surface area contributed by atoms with Crippen LogP contribution in [0.25, 0.3) is 0 Å². The van der Waals surface area contributed by atoms with E-state index in [1.54, 1.807) is 4.68 Å². The summed E-state index contributed by atoms with van der Waals surface area (Å²) in [5.74, 6) is 0. The highest BCUT2D eigenvalue weighted by Crippen LogP contribution is 2.30. The van der Waals surface area contributed by atoms with Crippen LogP contribution in [-0.2, 0) is 13.2 Å². The number of hydrogen-bond donors (Lipinski definition) is 1. The van der Waals surface area contributed by atoms with Crippen molar-refractivity contribution < 1.29 is 13.2 Å². The van der Waals surface area contributed by atoms with Crippen LogP contribution in [0.3, 0.4) is 0 Å². The molecule has 0 amide bonds. The van der Waals surface area contributed by atoms with Crippen LogP contribution < -0.4 is 5.32 Å². The monoisotopic (exact) mass is 297 g/mol. The summed E-state index contributed by atoms with van der Waals surface area (Å²) in [5, 5.41) is 7.66. The van der Waals surface area contributed by atoms with Gasteiger partial charge in [-0.2, -0.15) is 18.3 Å². The summed E-state index contributed by atoms with van der Waals surface area (Å²) in [6.45, 7) is 2.80. The quantitative estimate of drug-likeness (QED) is 0.915. The van der Waals surface area contributed by atoms with E-state index in [1.165, 1.54) is 12.1 Å². The largest absolute Gasteiger partial charge is 0.416 e. The van der Waals surface area contributed by atoms with Crippen molar-refractivity contribution in [3.63, 3.8) is 0 Å². The maximum Gasteiger partial charge on any atom is 0.416 e. The van der Waals surface area contributed by atoms with Crippen molar-refractivity contribution in [1.29, 1.82) is 0 Å². The molecule has 1 N–H and O–H groups in total. The maximum absolute atomic E-state index is 12.6. The lowest BCUT2D eigenvalue weighted by atomic mass is 10.0. The molecule has 3 nitrogen and oxygen atoms in total. The number of nitrogens with one attached hydrogen (secondary N) is 1. The molecule has 1 atom stereocenters. The summed E-state index contributed by atoms with van der Waals surface area (Å²) >= 11 is 0. The zero-order valence-electron chi connectivity index (χ0n) is 12.0. The van der Waals surface area contributed by atoms with Crippen LogP contribution >= 0.6 is 0 Å². The Hall–Kier alpha value is -1.82. The average Bonchev–Trinajstić information content (AvgIpc) is 2.85. The van der Waals surface area contributed by atoms with Gasteiger partial charge in [0.1, 0.15) is 0 Å². The van der Waals surface area contributed by atoms with Gasteiger partial charge in [-0.25, -0.2) is 0 Å². The first kappa shape index (κ1) is 15.6. The van der Waals surface area contributed by atoms with E-state index in [-0.39, 0.29) is 6.04 Å². The number of aryl methyl sites for hydroxylation is 1. The fraction of sp³-hybridized carbons (Fsp3) is 0.400. The number of aromatic nitrogens is 2. The topological polar surface area (TPSA) is 29.9 Å². The van der Waals surface area contributed by atoms with E-state index in [0.717, 1.165) is 36.4 Å². The third kappa shape index (κ3) is 3.85. The Morgan fingerprint density at radius 2 is 1.86 bits per heavy atom. The SMILES string of the molecule is CCCNC(c1ccc(C(F)(F)F)cc1)c1ccn(C)n1. The van der Waals surface area contributed by atoms with Gasteiger partial charge in [0.15, 0.2) is 0 Å². The van der Waals surface area contributed by atoms with Crippen molar-refractivity contribution in [1.82, 2.24) is 15.1 Å². The van der Waals surface area contributed by atoms with Gasteiger partial charge in [0, 0.05) is 13.2 Å². The molecular formula is C15H18F3N3. The Morgan fingerprint density at radius 3 is 2.33 bits per heavy atom. The molecule has 0 saturated carbocycles. The van der Waals surface area contributed by atoms with E-state index >= 15 is 0 Å². The second-order valence-electron chi connectivity index (χ2n) is 4.92. The minimum atomic E-state index is -4.31. The van der Waals surface area contributed by atoms with Gasteiger partial charge in [-0.3, -0.25) is 4.68 Å². The minimum absolute atomic E-state index is 0.201. The fourth-order valence-corrected chi connectivity index (χ4v) is 2.13. The predicted molar refractivity (Wildman–Crippen MR) is 74.8 cm³/mol. The van der Waals surface area contributed by atoms with Gasteiger partial charge in [0.25, 0.3) is 0 Å². The third-order valence-electron chi connectivity index (χ3n) is 3.20. The van der Waals surface area contributed by atoms with Gasteiger partial charge >= 0.3 is 6.18 Å². The van der Waals surface area contributed by atoms with E-state index in [4.69, 9.17) is 0 Å². The molecular weight excluding hydrogens is 279 g/mol. The summed E-state index contributed by atoms with van der Waals surface area (Å²) in [6.07, 6.45) is -1.56.